The number of carbonyl (C=O) groups excluding carboxylic acids is 3. The van der Waals surface area contributed by atoms with E-state index in [4.69, 9.17) is 10.3 Å². The van der Waals surface area contributed by atoms with Crippen molar-refractivity contribution in [2.45, 2.75) is 18.9 Å². The van der Waals surface area contributed by atoms with Gasteiger partial charge in [-0.1, -0.05) is 30.0 Å². The third kappa shape index (κ3) is 7.39. The molecule has 2 rings (SSSR count). The molecule has 0 aliphatic carbocycles. The maximum absolute atomic E-state index is 12.4. The second kappa shape index (κ2) is 12.0. The van der Waals surface area contributed by atoms with Gasteiger partial charge in [0.2, 0.25) is 5.91 Å². The van der Waals surface area contributed by atoms with Gasteiger partial charge in [-0.2, -0.15) is 0 Å². The molecule has 0 aliphatic heterocycles. The van der Waals surface area contributed by atoms with Crippen molar-refractivity contribution < 1.29 is 24.7 Å². The Kier molecular flexibility index (Phi) is 9.06. The minimum atomic E-state index is -1.26. The van der Waals surface area contributed by atoms with Gasteiger partial charge in [-0.25, -0.2) is 5.48 Å². The van der Waals surface area contributed by atoms with Gasteiger partial charge >= 0.3 is 0 Å². The number of carbonyl (C=O) groups is 3. The van der Waals surface area contributed by atoms with E-state index in [-0.39, 0.29) is 25.1 Å². The van der Waals surface area contributed by atoms with Crippen LogP contribution in [0, 0.1) is 11.8 Å². The first-order valence-electron chi connectivity index (χ1n) is 9.33. The predicted molar refractivity (Wildman–Crippen MR) is 109 cm³/mol. The number of hydrogen-bond donors (Lipinski definition) is 5. The van der Waals surface area contributed by atoms with Gasteiger partial charge < -0.3 is 15.7 Å². The van der Waals surface area contributed by atoms with E-state index >= 15 is 0 Å². The molecule has 8 nitrogen and oxygen atoms in total. The summed E-state index contributed by atoms with van der Waals surface area (Å²) < 4.78 is 0. The van der Waals surface area contributed by atoms with Crippen molar-refractivity contribution in [1.29, 1.82) is 0 Å². The average Bonchev–Trinajstić information content (AvgIpc) is 2.78. The van der Waals surface area contributed by atoms with Gasteiger partial charge in [-0.3, -0.25) is 19.6 Å². The molecule has 0 spiro atoms. The zero-order chi connectivity index (χ0) is 21.8. The predicted octanol–water partition coefficient (Wildman–Crippen LogP) is 0.579. The molecule has 0 radical (unpaired) electrons. The van der Waals surface area contributed by atoms with Crippen LogP contribution in [0.2, 0.25) is 0 Å². The zero-order valence-electron chi connectivity index (χ0n) is 16.2. The average molecular weight is 409 g/mol. The molecule has 0 unspecified atom stereocenters. The molecular formula is C22H23N3O5. The van der Waals surface area contributed by atoms with Crippen molar-refractivity contribution in [2.24, 2.45) is 0 Å². The van der Waals surface area contributed by atoms with Crippen LogP contribution in [0.1, 0.15) is 34.3 Å². The molecule has 3 amide bonds. The highest BCUT2D eigenvalue weighted by Crippen LogP contribution is 2.06. The van der Waals surface area contributed by atoms with Crippen LogP contribution in [0.25, 0.3) is 0 Å². The van der Waals surface area contributed by atoms with E-state index in [2.05, 4.69) is 22.5 Å². The molecule has 0 aromatic heterocycles. The van der Waals surface area contributed by atoms with Gasteiger partial charge in [0.1, 0.15) is 6.04 Å². The smallest absolute Gasteiger partial charge is 0.266 e. The lowest BCUT2D eigenvalue weighted by Crippen LogP contribution is -2.48. The van der Waals surface area contributed by atoms with Crippen molar-refractivity contribution in [3.63, 3.8) is 0 Å². The van der Waals surface area contributed by atoms with E-state index in [1.165, 1.54) is 5.48 Å². The summed E-state index contributed by atoms with van der Waals surface area (Å²) in [7, 11) is 0. The van der Waals surface area contributed by atoms with Crippen LogP contribution in [0.3, 0.4) is 0 Å². The summed E-state index contributed by atoms with van der Waals surface area (Å²) in [5.41, 5.74) is 3.30. The van der Waals surface area contributed by atoms with E-state index in [9.17, 15) is 14.4 Å². The molecule has 30 heavy (non-hydrogen) atoms. The number of hydroxylamine groups is 1. The maximum atomic E-state index is 12.4. The quantitative estimate of drug-likeness (QED) is 0.189. The van der Waals surface area contributed by atoms with Gasteiger partial charge in [-0.15, -0.1) is 0 Å². The number of aliphatic hydroxyl groups is 1. The number of hydrogen-bond acceptors (Lipinski definition) is 5. The summed E-state index contributed by atoms with van der Waals surface area (Å²) in [6.07, 6.45) is 0.0126. The summed E-state index contributed by atoms with van der Waals surface area (Å²) in [4.78, 5) is 36.1. The van der Waals surface area contributed by atoms with E-state index in [0.29, 0.717) is 12.0 Å². The molecule has 2 aromatic carbocycles. The first-order valence-corrected chi connectivity index (χ1v) is 9.33. The maximum Gasteiger partial charge on any atom is 0.266 e. The van der Waals surface area contributed by atoms with Gasteiger partial charge in [0.05, 0.1) is 6.42 Å². The van der Waals surface area contributed by atoms with Crippen LogP contribution >= 0.6 is 0 Å². The molecule has 0 bridgehead atoms. The van der Waals surface area contributed by atoms with Gasteiger partial charge in [0, 0.05) is 29.8 Å². The molecule has 0 fully saturated rings. The number of rotatable bonds is 8. The highest BCUT2D eigenvalue weighted by Gasteiger charge is 2.24. The Bertz CT molecular complexity index is 917. The number of benzene rings is 2. The molecule has 1 atom stereocenters. The molecule has 8 heteroatoms. The molecule has 156 valence electrons. The topological polar surface area (TPSA) is 128 Å². The zero-order valence-corrected chi connectivity index (χ0v) is 16.2. The molecule has 5 N–H and O–H groups in total. The van der Waals surface area contributed by atoms with Crippen molar-refractivity contribution in [1.82, 2.24) is 16.1 Å². The fourth-order valence-electron chi connectivity index (χ4n) is 2.46. The third-order valence-corrected chi connectivity index (χ3v) is 4.05. The van der Waals surface area contributed by atoms with Gasteiger partial charge in [-0.05, 0) is 42.8 Å². The van der Waals surface area contributed by atoms with E-state index < -0.39 is 23.8 Å². The Hall–Kier alpha value is -3.67. The Morgan fingerprint density at radius 1 is 0.933 bits per heavy atom. The Labute approximate surface area is 174 Å². The van der Waals surface area contributed by atoms with Crippen molar-refractivity contribution in [2.75, 3.05) is 13.2 Å². The minimum absolute atomic E-state index is 0.0801. The summed E-state index contributed by atoms with van der Waals surface area (Å²) in [6.45, 7) is 0.158. The monoisotopic (exact) mass is 409 g/mol. The molecule has 2 aromatic rings. The largest absolute Gasteiger partial charge is 0.396 e. The first-order chi connectivity index (χ1) is 14.5. The fourth-order valence-corrected chi connectivity index (χ4v) is 2.46. The lowest BCUT2D eigenvalue weighted by molar-refractivity contribution is -0.134. The lowest BCUT2D eigenvalue weighted by atomic mass is 10.1. The normalized spacial score (nSPS) is 10.9. The summed E-state index contributed by atoms with van der Waals surface area (Å²) in [6, 6.07) is 14.7. The van der Waals surface area contributed by atoms with Crippen LogP contribution < -0.4 is 16.1 Å². The Morgan fingerprint density at radius 3 is 2.17 bits per heavy atom. The molecule has 0 heterocycles. The van der Waals surface area contributed by atoms with Gasteiger partial charge in [0.25, 0.3) is 11.8 Å². The molecule has 0 saturated heterocycles. The molecule has 0 saturated carbocycles. The summed E-state index contributed by atoms with van der Waals surface area (Å²) in [5, 5.41) is 22.5. The van der Waals surface area contributed by atoms with Crippen LogP contribution in [0.5, 0.6) is 0 Å². The van der Waals surface area contributed by atoms with Crippen molar-refractivity contribution >= 4 is 17.7 Å². The number of amides is 3. The fraction of sp³-hybridized carbons (Fsp3) is 0.227. The van der Waals surface area contributed by atoms with Crippen LogP contribution in [0.4, 0.5) is 0 Å². The summed E-state index contributed by atoms with van der Waals surface area (Å²) in [5.74, 6) is 4.03. The van der Waals surface area contributed by atoms with E-state index in [1.807, 2.05) is 30.3 Å². The third-order valence-electron chi connectivity index (χ3n) is 4.05. The van der Waals surface area contributed by atoms with E-state index in [1.54, 1.807) is 24.3 Å². The Morgan fingerprint density at radius 2 is 1.57 bits per heavy atom. The second-order valence-corrected chi connectivity index (χ2v) is 6.33. The highest BCUT2D eigenvalue weighted by molar-refractivity contribution is 5.98. The van der Waals surface area contributed by atoms with E-state index in [0.717, 1.165) is 5.56 Å². The molecular weight excluding hydrogens is 386 g/mol. The van der Waals surface area contributed by atoms with Crippen LogP contribution in [0.15, 0.2) is 54.6 Å². The second-order valence-electron chi connectivity index (χ2n) is 6.33. The minimum Gasteiger partial charge on any atom is -0.396 e. The first kappa shape index (κ1) is 22.6. The SMILES string of the molecule is O=C(C[C@H](NC(=O)c1ccc(C#Cc2ccccc2)cc1)C(=O)NO)NCCCO. The van der Waals surface area contributed by atoms with Crippen molar-refractivity contribution in [3.05, 3.63) is 71.3 Å². The lowest BCUT2D eigenvalue weighted by Gasteiger charge is -2.16. The standard InChI is InChI=1S/C22H23N3O5/c26-14-4-13-23-20(27)15-19(22(29)25-30)24-21(28)18-11-9-17(10-12-18)8-7-16-5-2-1-3-6-16/h1-3,5-6,9-12,19,26,30H,4,13-15H2,(H,23,27)(H,24,28)(H,25,29)/t19-/m0/s1. The number of aliphatic hydroxyl groups excluding tert-OH is 1. The number of nitrogens with one attached hydrogen (secondary N) is 3. The summed E-state index contributed by atoms with van der Waals surface area (Å²) >= 11 is 0. The van der Waals surface area contributed by atoms with Gasteiger partial charge in [0.15, 0.2) is 0 Å². The van der Waals surface area contributed by atoms with Crippen LogP contribution in [-0.4, -0.2) is 47.2 Å². The highest BCUT2D eigenvalue weighted by atomic mass is 16.5. The Balaban J connectivity index is 2.00. The molecule has 0 aliphatic rings. The van der Waals surface area contributed by atoms with Crippen molar-refractivity contribution in [3.8, 4) is 11.8 Å². The van der Waals surface area contributed by atoms with Crippen LogP contribution in [-0.2, 0) is 9.59 Å².